The molecule has 0 aromatic rings. The summed E-state index contributed by atoms with van der Waals surface area (Å²) in [5, 5.41) is 9.62. The zero-order valence-electron chi connectivity index (χ0n) is 37.7. The van der Waals surface area contributed by atoms with Gasteiger partial charge >= 0.3 is 17.9 Å². The molecule has 0 heterocycles. The van der Waals surface area contributed by atoms with Crippen LogP contribution in [-0.4, -0.2) is 80.6 Å². The van der Waals surface area contributed by atoms with E-state index in [9.17, 15) is 19.5 Å². The molecule has 0 saturated heterocycles. The maximum Gasteiger partial charge on any atom is 0.362 e. The number of unbranched alkanes of at least 4 members (excludes halogenated alkanes) is 14. The Bertz CT molecular complexity index is 1180. The number of carboxylic acids is 1. The number of carboxylic acid groups (broad SMARTS) is 1. The Hall–Kier alpha value is -3.23. The fraction of sp³-hybridized carbons (Fsp3) is 0.700. The average Bonchev–Trinajstić information content (AvgIpc) is 3.18. The summed E-state index contributed by atoms with van der Waals surface area (Å²) in [7, 11) is 5.50. The minimum atomic E-state index is -0.885. The Morgan fingerprint density at radius 1 is 0.534 bits per heavy atom. The third-order valence-corrected chi connectivity index (χ3v) is 9.84. The quantitative estimate of drug-likeness (QED) is 0.0285. The molecule has 58 heavy (non-hydrogen) atoms. The predicted molar refractivity (Wildman–Crippen MR) is 243 cm³/mol. The van der Waals surface area contributed by atoms with Crippen LogP contribution in [0.25, 0.3) is 0 Å². The van der Waals surface area contributed by atoms with Crippen molar-refractivity contribution in [1.29, 1.82) is 0 Å². The van der Waals surface area contributed by atoms with Crippen molar-refractivity contribution in [2.24, 2.45) is 0 Å². The van der Waals surface area contributed by atoms with Gasteiger partial charge in [-0.15, -0.1) is 0 Å². The average molecular weight is 813 g/mol. The lowest BCUT2D eigenvalue weighted by molar-refractivity contribution is -0.887. The number of allylic oxidation sites excluding steroid dienone is 12. The van der Waals surface area contributed by atoms with Crippen LogP contribution in [0, 0.1) is 0 Å². The number of esters is 2. The molecule has 0 radical (unpaired) electrons. The van der Waals surface area contributed by atoms with E-state index in [2.05, 4.69) is 86.8 Å². The van der Waals surface area contributed by atoms with E-state index in [4.69, 9.17) is 14.2 Å². The molecule has 0 fully saturated rings. The van der Waals surface area contributed by atoms with Crippen molar-refractivity contribution in [2.45, 2.75) is 187 Å². The van der Waals surface area contributed by atoms with Crippen molar-refractivity contribution in [2.75, 3.05) is 41.0 Å². The van der Waals surface area contributed by atoms with Gasteiger partial charge in [-0.3, -0.25) is 9.59 Å². The molecule has 0 bridgehead atoms. The van der Waals surface area contributed by atoms with Gasteiger partial charge < -0.3 is 23.8 Å². The number of quaternary nitrogens is 1. The first kappa shape index (κ1) is 54.8. The van der Waals surface area contributed by atoms with Crippen LogP contribution in [0.2, 0.25) is 0 Å². The van der Waals surface area contributed by atoms with E-state index in [0.717, 1.165) is 64.2 Å². The van der Waals surface area contributed by atoms with Gasteiger partial charge in [0, 0.05) is 19.3 Å². The van der Waals surface area contributed by atoms with Gasteiger partial charge in [-0.1, -0.05) is 145 Å². The van der Waals surface area contributed by atoms with Crippen molar-refractivity contribution >= 4 is 17.9 Å². The maximum absolute atomic E-state index is 12.7. The van der Waals surface area contributed by atoms with Gasteiger partial charge in [0.25, 0.3) is 0 Å². The minimum absolute atomic E-state index is 0.0397. The second kappa shape index (κ2) is 40.5. The van der Waals surface area contributed by atoms with Gasteiger partial charge in [-0.25, -0.2) is 4.79 Å². The number of rotatable bonds is 40. The van der Waals surface area contributed by atoms with Crippen LogP contribution in [0.5, 0.6) is 0 Å². The molecule has 0 rings (SSSR count). The molecule has 2 atom stereocenters. The molecule has 0 aliphatic heterocycles. The van der Waals surface area contributed by atoms with Crippen LogP contribution in [0.15, 0.2) is 72.9 Å². The number of ether oxygens (including phenoxy) is 3. The molecule has 0 aliphatic rings. The van der Waals surface area contributed by atoms with Crippen molar-refractivity contribution in [1.82, 2.24) is 0 Å². The van der Waals surface area contributed by atoms with E-state index in [-0.39, 0.29) is 42.7 Å². The zero-order chi connectivity index (χ0) is 42.8. The molecule has 1 N–H and O–H groups in total. The van der Waals surface area contributed by atoms with Gasteiger partial charge in [-0.2, -0.15) is 0 Å². The van der Waals surface area contributed by atoms with Crippen LogP contribution in [0.4, 0.5) is 0 Å². The molecule has 8 nitrogen and oxygen atoms in total. The molecular formula is C50H86NO7+. The monoisotopic (exact) mass is 813 g/mol. The number of likely N-dealkylation sites (N-methyl/N-ethyl adjacent to an activating group) is 1. The first-order valence-electron chi connectivity index (χ1n) is 23.0. The van der Waals surface area contributed by atoms with Gasteiger partial charge in [-0.05, 0) is 83.5 Å². The molecule has 0 spiro atoms. The van der Waals surface area contributed by atoms with Crippen LogP contribution < -0.4 is 0 Å². The third kappa shape index (κ3) is 38.3. The molecule has 0 saturated carbocycles. The largest absolute Gasteiger partial charge is 0.477 e. The number of hydrogen-bond acceptors (Lipinski definition) is 6. The normalized spacial score (nSPS) is 13.6. The third-order valence-electron chi connectivity index (χ3n) is 9.84. The van der Waals surface area contributed by atoms with Gasteiger partial charge in [0.2, 0.25) is 0 Å². The Balaban J connectivity index is 4.37. The van der Waals surface area contributed by atoms with Gasteiger partial charge in [0.05, 0.1) is 34.4 Å². The van der Waals surface area contributed by atoms with Gasteiger partial charge in [0.15, 0.2) is 12.1 Å². The highest BCUT2D eigenvalue weighted by molar-refractivity contribution is 5.72. The first-order valence-corrected chi connectivity index (χ1v) is 23.0. The zero-order valence-corrected chi connectivity index (χ0v) is 37.7. The highest BCUT2D eigenvalue weighted by Gasteiger charge is 2.31. The molecule has 0 aromatic heterocycles. The summed E-state index contributed by atoms with van der Waals surface area (Å²) in [5.41, 5.74) is 0. The van der Waals surface area contributed by atoms with E-state index in [0.29, 0.717) is 19.3 Å². The topological polar surface area (TPSA) is 99.1 Å². The van der Waals surface area contributed by atoms with E-state index < -0.39 is 18.1 Å². The number of carbonyl (C=O) groups excluding carboxylic acids is 2. The number of carbonyl (C=O) groups is 3. The molecule has 0 aliphatic carbocycles. The molecular weight excluding hydrogens is 727 g/mol. The van der Waals surface area contributed by atoms with Crippen molar-refractivity contribution < 1.29 is 38.2 Å². The van der Waals surface area contributed by atoms with E-state index in [1.54, 1.807) is 0 Å². The number of aliphatic carboxylic acids is 1. The second-order valence-electron chi connectivity index (χ2n) is 16.3. The summed E-state index contributed by atoms with van der Waals surface area (Å²) in [6.07, 6.45) is 50.9. The Kier molecular flexibility index (Phi) is 38.3. The summed E-state index contributed by atoms with van der Waals surface area (Å²) in [6, 6.07) is -0.626. The number of hydrogen-bond donors (Lipinski definition) is 1. The predicted octanol–water partition coefficient (Wildman–Crippen LogP) is 12.7. The summed E-state index contributed by atoms with van der Waals surface area (Å²) in [4.78, 5) is 37.0. The molecule has 2 unspecified atom stereocenters. The molecule has 0 amide bonds. The van der Waals surface area contributed by atoms with Crippen molar-refractivity contribution in [3.8, 4) is 0 Å². The minimum Gasteiger partial charge on any atom is -0.477 e. The smallest absolute Gasteiger partial charge is 0.362 e. The molecule has 0 aromatic carbocycles. The Morgan fingerprint density at radius 3 is 1.47 bits per heavy atom. The lowest BCUT2D eigenvalue weighted by atomic mass is 10.1. The lowest BCUT2D eigenvalue weighted by Gasteiger charge is -2.31. The summed E-state index contributed by atoms with van der Waals surface area (Å²) >= 11 is 0. The van der Waals surface area contributed by atoms with Crippen LogP contribution >= 0.6 is 0 Å². The Morgan fingerprint density at radius 2 is 0.966 bits per heavy atom. The van der Waals surface area contributed by atoms with Crippen molar-refractivity contribution in [3.05, 3.63) is 72.9 Å². The van der Waals surface area contributed by atoms with Crippen molar-refractivity contribution in [3.63, 3.8) is 0 Å². The highest BCUT2D eigenvalue weighted by atomic mass is 16.6. The fourth-order valence-corrected chi connectivity index (χ4v) is 6.29. The van der Waals surface area contributed by atoms with Gasteiger partial charge in [0.1, 0.15) is 6.61 Å². The Labute approximate surface area is 355 Å². The SMILES string of the molecule is CC/C=C\C/C=C\C/C=C\C/C=C\CCCCC(=O)OC(COCCC(C(=O)O)[N+](C)(C)C)COC(=O)CCCCCCCCCCC/C=C\C/C=C\CCCCC. The summed E-state index contributed by atoms with van der Waals surface area (Å²) < 4.78 is 17.2. The summed E-state index contributed by atoms with van der Waals surface area (Å²) in [6.45, 7) is 4.54. The lowest BCUT2D eigenvalue weighted by Crippen LogP contribution is -2.50. The van der Waals surface area contributed by atoms with E-state index in [1.165, 1.54) is 70.6 Å². The molecule has 332 valence electrons. The van der Waals surface area contributed by atoms with E-state index >= 15 is 0 Å². The van der Waals surface area contributed by atoms with Crippen LogP contribution in [0.3, 0.4) is 0 Å². The summed E-state index contributed by atoms with van der Waals surface area (Å²) in [5.74, 6) is -1.53. The van der Waals surface area contributed by atoms with Crippen LogP contribution in [0.1, 0.15) is 174 Å². The van der Waals surface area contributed by atoms with E-state index in [1.807, 2.05) is 21.1 Å². The standard InChI is InChI=1S/C50H85NO7/c1-6-8-10-12-14-16-18-20-22-23-24-25-27-28-30-32-34-36-38-40-48(52)57-45-46(44-56-43-42-47(50(54)55)51(3,4)5)58-49(53)41-39-37-35-33-31-29-26-21-19-17-15-13-11-9-7-2/h9,11,14-17,20-22,26,31,33,46-47H,6-8,10,12-13,18-19,23-25,27-30,32,34-45H2,1-5H3/p+1/b11-9-,16-14-,17-15-,22-20-,26-21-,33-31-. The first-order chi connectivity index (χ1) is 28.1. The second-order valence-corrected chi connectivity index (χ2v) is 16.3. The molecule has 8 heteroatoms. The fourth-order valence-electron chi connectivity index (χ4n) is 6.29. The highest BCUT2D eigenvalue weighted by Crippen LogP contribution is 2.14. The maximum atomic E-state index is 12.7. The van der Waals surface area contributed by atoms with Crippen LogP contribution in [-0.2, 0) is 28.6 Å². The number of nitrogens with zero attached hydrogens (tertiary/aromatic N) is 1.